The number of thioether (sulfide) groups is 1. The molecule has 7 heteroatoms. The Labute approximate surface area is 126 Å². The SMILES string of the molecule is Cc1nc(SCc2cc(Br)ccc2F)sc1C(=O)O. The molecule has 19 heavy (non-hydrogen) atoms. The zero-order valence-electron chi connectivity index (χ0n) is 9.81. The molecule has 0 aliphatic heterocycles. The third kappa shape index (κ3) is 3.55. The van der Waals surface area contributed by atoms with Crippen molar-refractivity contribution >= 4 is 45.0 Å². The van der Waals surface area contributed by atoms with Gasteiger partial charge in [-0.2, -0.15) is 0 Å². The molecule has 1 aromatic carbocycles. The van der Waals surface area contributed by atoms with Gasteiger partial charge in [-0.15, -0.1) is 11.3 Å². The summed E-state index contributed by atoms with van der Waals surface area (Å²) >= 11 is 5.74. The minimum atomic E-state index is -0.976. The molecule has 0 aliphatic rings. The van der Waals surface area contributed by atoms with Crippen molar-refractivity contribution in [3.63, 3.8) is 0 Å². The van der Waals surface area contributed by atoms with Gasteiger partial charge < -0.3 is 5.11 Å². The highest BCUT2D eigenvalue weighted by atomic mass is 79.9. The van der Waals surface area contributed by atoms with Crippen LogP contribution in [-0.4, -0.2) is 16.1 Å². The number of nitrogens with zero attached hydrogens (tertiary/aromatic N) is 1. The summed E-state index contributed by atoms with van der Waals surface area (Å²) in [5.41, 5.74) is 1.05. The number of halogens is 2. The third-order valence-electron chi connectivity index (χ3n) is 2.33. The number of aromatic carboxylic acids is 1. The lowest BCUT2D eigenvalue weighted by Gasteiger charge is -2.01. The van der Waals surface area contributed by atoms with Crippen LogP contribution in [0.15, 0.2) is 27.0 Å². The topological polar surface area (TPSA) is 50.2 Å². The van der Waals surface area contributed by atoms with E-state index in [2.05, 4.69) is 20.9 Å². The summed E-state index contributed by atoms with van der Waals surface area (Å²) in [5, 5.41) is 8.94. The molecule has 0 unspecified atom stereocenters. The first-order valence-corrected chi connectivity index (χ1v) is 7.84. The van der Waals surface area contributed by atoms with Crippen molar-refractivity contribution in [2.45, 2.75) is 17.0 Å². The van der Waals surface area contributed by atoms with Crippen LogP contribution in [0.1, 0.15) is 20.9 Å². The first kappa shape index (κ1) is 14.5. The molecule has 0 bridgehead atoms. The van der Waals surface area contributed by atoms with Gasteiger partial charge in [0.15, 0.2) is 4.34 Å². The van der Waals surface area contributed by atoms with Crippen molar-refractivity contribution in [2.75, 3.05) is 0 Å². The summed E-state index contributed by atoms with van der Waals surface area (Å²) in [6.07, 6.45) is 0. The molecule has 2 rings (SSSR count). The van der Waals surface area contributed by atoms with Gasteiger partial charge in [-0.25, -0.2) is 14.2 Å². The second-order valence-electron chi connectivity index (χ2n) is 3.72. The van der Waals surface area contributed by atoms with Crippen LogP contribution >= 0.6 is 39.0 Å². The van der Waals surface area contributed by atoms with E-state index in [1.165, 1.54) is 17.8 Å². The van der Waals surface area contributed by atoms with Crippen LogP contribution in [-0.2, 0) is 5.75 Å². The average Bonchev–Trinajstić information content (AvgIpc) is 2.72. The second kappa shape index (κ2) is 6.02. The van der Waals surface area contributed by atoms with E-state index in [-0.39, 0.29) is 10.7 Å². The predicted octanol–water partition coefficient (Wildman–Crippen LogP) is 4.34. The van der Waals surface area contributed by atoms with Crippen LogP contribution in [0.4, 0.5) is 4.39 Å². The molecule has 0 aliphatic carbocycles. The molecule has 1 aromatic heterocycles. The van der Waals surface area contributed by atoms with E-state index in [0.717, 1.165) is 15.8 Å². The minimum absolute atomic E-state index is 0.234. The zero-order valence-corrected chi connectivity index (χ0v) is 13.0. The lowest BCUT2D eigenvalue weighted by Crippen LogP contribution is -1.94. The van der Waals surface area contributed by atoms with E-state index in [9.17, 15) is 9.18 Å². The Kier molecular flexibility index (Phi) is 4.59. The van der Waals surface area contributed by atoms with Crippen LogP contribution in [0.5, 0.6) is 0 Å². The molecule has 2 aromatic rings. The summed E-state index contributed by atoms with van der Waals surface area (Å²) in [5.74, 6) is -0.838. The van der Waals surface area contributed by atoms with Gasteiger partial charge in [0.1, 0.15) is 10.7 Å². The first-order chi connectivity index (χ1) is 8.97. The maximum absolute atomic E-state index is 13.5. The molecule has 0 saturated carbocycles. The fraction of sp³-hybridized carbons (Fsp3) is 0.167. The lowest BCUT2D eigenvalue weighted by molar-refractivity contribution is 0.0701. The van der Waals surface area contributed by atoms with Crippen LogP contribution in [0.3, 0.4) is 0 Å². The predicted molar refractivity (Wildman–Crippen MR) is 77.5 cm³/mol. The fourth-order valence-corrected chi connectivity index (χ4v) is 3.84. The van der Waals surface area contributed by atoms with Gasteiger partial charge in [-0.05, 0) is 30.7 Å². The molecule has 0 radical (unpaired) electrons. The summed E-state index contributed by atoms with van der Waals surface area (Å²) in [6, 6.07) is 4.75. The van der Waals surface area contributed by atoms with E-state index in [1.807, 2.05) is 0 Å². The van der Waals surface area contributed by atoms with Gasteiger partial charge >= 0.3 is 5.97 Å². The van der Waals surface area contributed by atoms with Crippen molar-refractivity contribution in [3.05, 3.63) is 44.6 Å². The Bertz CT molecular complexity index is 630. The maximum atomic E-state index is 13.5. The third-order valence-corrected chi connectivity index (χ3v) is 5.16. The van der Waals surface area contributed by atoms with Crippen LogP contribution in [0.2, 0.25) is 0 Å². The van der Waals surface area contributed by atoms with E-state index in [4.69, 9.17) is 5.11 Å². The number of aromatic nitrogens is 1. The standard InChI is InChI=1S/C12H9BrFNO2S2/c1-6-10(11(16)17)19-12(15-6)18-5-7-4-8(13)2-3-9(7)14/h2-4H,5H2,1H3,(H,16,17). The van der Waals surface area contributed by atoms with Crippen LogP contribution < -0.4 is 0 Å². The van der Waals surface area contributed by atoms with Crippen molar-refractivity contribution in [1.29, 1.82) is 0 Å². The molecule has 0 spiro atoms. The molecule has 1 N–H and O–H groups in total. The molecule has 1 heterocycles. The van der Waals surface area contributed by atoms with Crippen LogP contribution in [0.25, 0.3) is 0 Å². The largest absolute Gasteiger partial charge is 0.477 e. The van der Waals surface area contributed by atoms with E-state index >= 15 is 0 Å². The number of thiazole rings is 1. The lowest BCUT2D eigenvalue weighted by atomic mass is 10.2. The van der Waals surface area contributed by atoms with Gasteiger partial charge in [-0.3, -0.25) is 0 Å². The Hall–Kier alpha value is -0.920. The highest BCUT2D eigenvalue weighted by Gasteiger charge is 2.14. The van der Waals surface area contributed by atoms with Gasteiger partial charge in [0.2, 0.25) is 0 Å². The molecule has 0 amide bonds. The monoisotopic (exact) mass is 361 g/mol. The highest BCUT2D eigenvalue weighted by molar-refractivity contribution is 9.10. The maximum Gasteiger partial charge on any atom is 0.347 e. The number of rotatable bonds is 4. The number of carboxylic acid groups (broad SMARTS) is 1. The Morgan fingerprint density at radius 1 is 1.58 bits per heavy atom. The number of hydrogen-bond donors (Lipinski definition) is 1. The summed E-state index contributed by atoms with van der Waals surface area (Å²) < 4.78 is 15.0. The number of carboxylic acids is 1. The Balaban J connectivity index is 2.12. The van der Waals surface area contributed by atoms with Crippen molar-refractivity contribution in [3.8, 4) is 0 Å². The van der Waals surface area contributed by atoms with Crippen LogP contribution in [0, 0.1) is 12.7 Å². The Morgan fingerprint density at radius 2 is 2.32 bits per heavy atom. The second-order valence-corrected chi connectivity index (χ2v) is 6.86. The summed E-state index contributed by atoms with van der Waals surface area (Å²) in [4.78, 5) is 15.3. The molecule has 0 saturated heterocycles. The average molecular weight is 362 g/mol. The van der Waals surface area contributed by atoms with E-state index < -0.39 is 5.97 Å². The molecule has 100 valence electrons. The summed E-state index contributed by atoms with van der Waals surface area (Å²) in [7, 11) is 0. The normalized spacial score (nSPS) is 10.7. The van der Waals surface area contributed by atoms with E-state index in [1.54, 1.807) is 19.1 Å². The smallest absolute Gasteiger partial charge is 0.347 e. The number of benzene rings is 1. The quantitative estimate of drug-likeness (QED) is 0.822. The van der Waals surface area contributed by atoms with Gasteiger partial charge in [0.25, 0.3) is 0 Å². The molecule has 0 atom stereocenters. The van der Waals surface area contributed by atoms with Gasteiger partial charge in [0, 0.05) is 10.2 Å². The fourth-order valence-electron chi connectivity index (χ4n) is 1.43. The number of hydrogen-bond acceptors (Lipinski definition) is 4. The van der Waals surface area contributed by atoms with E-state index in [0.29, 0.717) is 21.3 Å². The van der Waals surface area contributed by atoms with Gasteiger partial charge in [-0.1, -0.05) is 27.7 Å². The van der Waals surface area contributed by atoms with Crippen molar-refractivity contribution in [1.82, 2.24) is 4.98 Å². The number of aryl methyl sites for hydroxylation is 1. The highest BCUT2D eigenvalue weighted by Crippen LogP contribution is 2.30. The van der Waals surface area contributed by atoms with Crippen molar-refractivity contribution < 1.29 is 14.3 Å². The molecular formula is C12H9BrFNO2S2. The zero-order chi connectivity index (χ0) is 14.0. The number of carbonyl (C=O) groups is 1. The molecule has 3 nitrogen and oxygen atoms in total. The Morgan fingerprint density at radius 3 is 2.95 bits per heavy atom. The summed E-state index contributed by atoms with van der Waals surface area (Å²) in [6.45, 7) is 1.66. The first-order valence-electron chi connectivity index (χ1n) is 5.25. The van der Waals surface area contributed by atoms with Gasteiger partial charge in [0.05, 0.1) is 5.69 Å². The minimum Gasteiger partial charge on any atom is -0.477 e. The van der Waals surface area contributed by atoms with Crippen molar-refractivity contribution in [2.24, 2.45) is 0 Å². The molecule has 0 fully saturated rings. The molecular weight excluding hydrogens is 353 g/mol.